The summed E-state index contributed by atoms with van der Waals surface area (Å²) in [5, 5.41) is 10.00. The summed E-state index contributed by atoms with van der Waals surface area (Å²) in [7, 11) is 0. The molecule has 0 fully saturated rings. The van der Waals surface area contributed by atoms with Crippen LogP contribution in [-0.4, -0.2) is 4.92 Å². The van der Waals surface area contributed by atoms with E-state index in [4.69, 9.17) is 34.8 Å². The van der Waals surface area contributed by atoms with E-state index in [-0.39, 0.29) is 5.56 Å². The lowest BCUT2D eigenvalue weighted by Gasteiger charge is -2.12. The lowest BCUT2D eigenvalue weighted by Crippen LogP contribution is -2.22. The van der Waals surface area contributed by atoms with Crippen LogP contribution in [0.2, 0.25) is 5.02 Å². The largest absolute Gasteiger partial charge is 0.398 e. The Kier molecular flexibility index (Phi) is 3.19. The Bertz CT molecular complexity index is 383. The molecule has 0 saturated carbocycles. The normalized spacial score (nSPS) is 11.4. The minimum Gasteiger partial charge on any atom is -0.261 e. The van der Waals surface area contributed by atoms with Crippen molar-refractivity contribution in [3.63, 3.8) is 0 Å². The van der Waals surface area contributed by atoms with Crippen molar-refractivity contribution in [2.75, 3.05) is 0 Å². The summed E-state index contributed by atoms with van der Waals surface area (Å²) in [5.74, 6) is -0.809. The number of benzene rings is 1. The highest BCUT2D eigenvalue weighted by molar-refractivity contribution is 6.47. The molecule has 0 spiro atoms. The molecule has 0 aliphatic heterocycles. The molecule has 1 aromatic carbocycles. The van der Waals surface area contributed by atoms with Crippen LogP contribution in [0.4, 0.5) is 4.39 Å². The van der Waals surface area contributed by atoms with E-state index in [1.54, 1.807) is 0 Å². The minimum atomic E-state index is -2.43. The average Bonchev–Trinajstić information content (AvgIpc) is 2.09. The SMILES string of the molecule is O=[N+]([O-])C(Cl)(Cl)c1cccc(F)c1Cl. The predicted octanol–water partition coefficient (Wildman–Crippen LogP) is 3.34. The van der Waals surface area contributed by atoms with Crippen LogP contribution in [0.1, 0.15) is 5.56 Å². The lowest BCUT2D eigenvalue weighted by atomic mass is 10.2. The second kappa shape index (κ2) is 3.88. The molecule has 0 amide bonds. The van der Waals surface area contributed by atoms with Crippen molar-refractivity contribution in [1.29, 1.82) is 0 Å². The summed E-state index contributed by atoms with van der Waals surface area (Å²) in [4.78, 5) is 9.48. The Morgan fingerprint density at radius 1 is 1.43 bits per heavy atom. The van der Waals surface area contributed by atoms with Gasteiger partial charge in [-0.25, -0.2) is 4.39 Å². The standard InChI is InChI=1S/C7H3Cl3FNO2/c8-6-4(2-1-3-5(6)11)7(9,10)12(13)14/h1-3H. The van der Waals surface area contributed by atoms with Gasteiger partial charge in [-0.15, -0.1) is 0 Å². The van der Waals surface area contributed by atoms with Crippen molar-refractivity contribution in [2.24, 2.45) is 0 Å². The van der Waals surface area contributed by atoms with E-state index in [0.717, 1.165) is 6.07 Å². The van der Waals surface area contributed by atoms with E-state index in [2.05, 4.69) is 0 Å². The monoisotopic (exact) mass is 257 g/mol. The minimum absolute atomic E-state index is 0.285. The van der Waals surface area contributed by atoms with Gasteiger partial charge in [-0.3, -0.25) is 10.1 Å². The lowest BCUT2D eigenvalue weighted by molar-refractivity contribution is -0.523. The smallest absolute Gasteiger partial charge is 0.261 e. The highest BCUT2D eigenvalue weighted by Crippen LogP contribution is 2.39. The molecule has 1 aromatic rings. The van der Waals surface area contributed by atoms with Crippen LogP contribution in [0.25, 0.3) is 0 Å². The summed E-state index contributed by atoms with van der Waals surface area (Å²) < 4.78 is 10.5. The van der Waals surface area contributed by atoms with E-state index in [0.29, 0.717) is 0 Å². The van der Waals surface area contributed by atoms with Crippen LogP contribution in [0.5, 0.6) is 0 Å². The fourth-order valence-corrected chi connectivity index (χ4v) is 1.51. The third kappa shape index (κ3) is 1.92. The van der Waals surface area contributed by atoms with E-state index in [1.807, 2.05) is 0 Å². The van der Waals surface area contributed by atoms with Gasteiger partial charge in [0.1, 0.15) is 5.82 Å². The van der Waals surface area contributed by atoms with Gasteiger partial charge in [0.2, 0.25) is 0 Å². The third-order valence-corrected chi connectivity index (χ3v) is 2.57. The first-order valence-electron chi connectivity index (χ1n) is 3.34. The average molecular weight is 258 g/mol. The zero-order chi connectivity index (χ0) is 10.9. The molecule has 0 atom stereocenters. The maximum Gasteiger partial charge on any atom is 0.398 e. The van der Waals surface area contributed by atoms with Gasteiger partial charge in [-0.2, -0.15) is 0 Å². The van der Waals surface area contributed by atoms with E-state index >= 15 is 0 Å². The number of nitro groups is 1. The molecule has 0 N–H and O–H groups in total. The first-order valence-corrected chi connectivity index (χ1v) is 4.47. The van der Waals surface area contributed by atoms with Gasteiger partial charge in [0.25, 0.3) is 0 Å². The molecule has 14 heavy (non-hydrogen) atoms. The predicted molar refractivity (Wildman–Crippen MR) is 51.8 cm³/mol. The van der Waals surface area contributed by atoms with Crippen LogP contribution in [-0.2, 0) is 4.46 Å². The number of hydrogen-bond donors (Lipinski definition) is 0. The Morgan fingerprint density at radius 2 is 2.00 bits per heavy atom. The molecule has 0 aliphatic rings. The van der Waals surface area contributed by atoms with Gasteiger partial charge < -0.3 is 0 Å². The van der Waals surface area contributed by atoms with Gasteiger partial charge in [0.05, 0.1) is 15.5 Å². The van der Waals surface area contributed by atoms with Crippen molar-refractivity contribution in [3.05, 3.63) is 44.7 Å². The molecule has 0 saturated heterocycles. The molecule has 0 bridgehead atoms. The van der Waals surface area contributed by atoms with Crippen LogP contribution in [0.3, 0.4) is 0 Å². The summed E-state index contributed by atoms with van der Waals surface area (Å²) in [6.07, 6.45) is 0. The zero-order valence-electron chi connectivity index (χ0n) is 6.51. The number of rotatable bonds is 2. The molecule has 76 valence electrons. The fraction of sp³-hybridized carbons (Fsp3) is 0.143. The molecular weight excluding hydrogens is 255 g/mol. The van der Waals surface area contributed by atoms with Crippen LogP contribution < -0.4 is 0 Å². The van der Waals surface area contributed by atoms with E-state index in [1.165, 1.54) is 12.1 Å². The summed E-state index contributed by atoms with van der Waals surface area (Å²) in [6, 6.07) is 3.48. The number of hydrogen-bond acceptors (Lipinski definition) is 2. The zero-order valence-corrected chi connectivity index (χ0v) is 8.78. The molecule has 0 aliphatic carbocycles. The van der Waals surface area contributed by atoms with E-state index in [9.17, 15) is 14.5 Å². The molecule has 3 nitrogen and oxygen atoms in total. The third-order valence-electron chi connectivity index (χ3n) is 1.50. The highest BCUT2D eigenvalue weighted by Gasteiger charge is 2.42. The van der Waals surface area contributed by atoms with Crippen molar-refractivity contribution < 1.29 is 9.31 Å². The summed E-state index contributed by atoms with van der Waals surface area (Å²) >= 11 is 16.3. The van der Waals surface area contributed by atoms with Gasteiger partial charge >= 0.3 is 4.46 Å². The molecule has 0 unspecified atom stereocenters. The van der Waals surface area contributed by atoms with Crippen molar-refractivity contribution in [3.8, 4) is 0 Å². The first kappa shape index (κ1) is 11.5. The number of alkyl halides is 2. The Labute approximate surface area is 93.5 Å². The Hall–Kier alpha value is -0.580. The number of halogens is 4. The molecule has 0 radical (unpaired) electrons. The maximum absolute atomic E-state index is 12.9. The van der Waals surface area contributed by atoms with Crippen molar-refractivity contribution >= 4 is 34.8 Å². The highest BCUT2D eigenvalue weighted by atomic mass is 35.5. The first-order chi connectivity index (χ1) is 6.37. The molecular formula is C7H3Cl3FNO2. The van der Waals surface area contributed by atoms with Gasteiger partial charge in [0, 0.05) is 0 Å². The topological polar surface area (TPSA) is 43.1 Å². The molecule has 0 aromatic heterocycles. The summed E-state index contributed by atoms with van der Waals surface area (Å²) in [5.41, 5.74) is -0.285. The quantitative estimate of drug-likeness (QED) is 0.353. The summed E-state index contributed by atoms with van der Waals surface area (Å²) in [6.45, 7) is 0. The molecule has 0 heterocycles. The molecule has 1 rings (SSSR count). The maximum atomic E-state index is 12.9. The fourth-order valence-electron chi connectivity index (χ4n) is 0.834. The van der Waals surface area contributed by atoms with Gasteiger partial charge in [-0.1, -0.05) is 17.7 Å². The van der Waals surface area contributed by atoms with Crippen LogP contribution in [0, 0.1) is 15.9 Å². The van der Waals surface area contributed by atoms with Crippen LogP contribution in [0.15, 0.2) is 18.2 Å². The molecule has 7 heteroatoms. The van der Waals surface area contributed by atoms with Crippen molar-refractivity contribution in [2.45, 2.75) is 4.46 Å². The Morgan fingerprint density at radius 3 is 2.50 bits per heavy atom. The van der Waals surface area contributed by atoms with Gasteiger partial charge in [0.15, 0.2) is 0 Å². The second-order valence-corrected chi connectivity index (χ2v) is 4.07. The Balaban J connectivity index is 3.33. The van der Waals surface area contributed by atoms with Crippen LogP contribution >= 0.6 is 34.8 Å². The van der Waals surface area contributed by atoms with Gasteiger partial charge in [-0.05, 0) is 35.3 Å². The van der Waals surface area contributed by atoms with Crippen molar-refractivity contribution in [1.82, 2.24) is 0 Å². The second-order valence-electron chi connectivity index (χ2n) is 2.40. The van der Waals surface area contributed by atoms with E-state index < -0.39 is 20.2 Å². The number of nitrogens with zero attached hydrogens (tertiary/aromatic N) is 1.